The second kappa shape index (κ2) is 30.6. The van der Waals surface area contributed by atoms with Crippen LogP contribution in [0.5, 0.6) is 17.2 Å². The minimum atomic E-state index is -1.43. The quantitative estimate of drug-likeness (QED) is 0.0283. The number of ether oxygens (including phenoxy) is 4. The Morgan fingerprint density at radius 2 is 1.35 bits per heavy atom. The maximum Gasteiger partial charge on any atom is 1.00 e. The summed E-state index contributed by atoms with van der Waals surface area (Å²) >= 11 is 6.42. The number of hydrogen-bond acceptors (Lipinski definition) is 13. The third-order valence-corrected chi connectivity index (χ3v) is 15.0. The number of ketones is 1. The number of carbonyl (C=O) groups excluding carboxylic acids is 7. The predicted octanol–water partition coefficient (Wildman–Crippen LogP) is 6.24. The number of aromatic nitrogens is 1. The van der Waals surface area contributed by atoms with Crippen LogP contribution in [-0.4, -0.2) is 86.3 Å². The first-order valence-corrected chi connectivity index (χ1v) is 27.8. The second-order valence-corrected chi connectivity index (χ2v) is 20.8. The monoisotopic (exact) mass is 1160 g/mol. The van der Waals surface area contributed by atoms with Crippen LogP contribution < -0.4 is 75.5 Å². The van der Waals surface area contributed by atoms with Crippen molar-refractivity contribution in [1.29, 1.82) is 0 Å². The summed E-state index contributed by atoms with van der Waals surface area (Å²) in [7, 11) is 1.42. The maximum atomic E-state index is 13.5. The zero-order valence-electron chi connectivity index (χ0n) is 47.1. The van der Waals surface area contributed by atoms with Gasteiger partial charge in [-0.3, -0.25) is 33.8 Å². The van der Waals surface area contributed by atoms with E-state index in [0.717, 1.165) is 77.7 Å². The van der Waals surface area contributed by atoms with Crippen LogP contribution in [0.1, 0.15) is 122 Å². The van der Waals surface area contributed by atoms with Crippen molar-refractivity contribution < 1.29 is 87.2 Å². The van der Waals surface area contributed by atoms with Crippen molar-refractivity contribution in [1.82, 2.24) is 15.6 Å². The fourth-order valence-electron chi connectivity index (χ4n) is 10.3. The number of halogens is 1. The minimum absolute atomic E-state index is 0. The van der Waals surface area contributed by atoms with Gasteiger partial charge in [0.2, 0.25) is 11.8 Å². The molecule has 428 valence electrons. The van der Waals surface area contributed by atoms with E-state index in [1.165, 1.54) is 56.5 Å². The normalized spacial score (nSPS) is 13.5. The van der Waals surface area contributed by atoms with Crippen LogP contribution >= 0.6 is 11.6 Å². The fraction of sp³-hybridized carbons (Fsp3) is 0.333. The molecule has 5 aromatic carbocycles. The Bertz CT molecular complexity index is 3340. The first kappa shape index (κ1) is 63.0. The molecule has 1 atom stereocenters. The van der Waals surface area contributed by atoms with Crippen molar-refractivity contribution in [2.45, 2.75) is 84.7 Å². The molecule has 8 rings (SSSR count). The Hall–Kier alpha value is -7.61. The molecule has 0 saturated heterocycles. The standard InChI is InChI=1S/C63H67ClN6O12.Na/c1-38-39(2)59-44(30-48(60(59)74)41-15-7-8-16-41)31-54(38)81-34-40-14-13-17-42(28-40)43-19-24-53(49(29-43)63(77)78)82-37-57(72)67-27-11-6-4-5-10-26-66-56(71)35-80-36-58(73)68-45-20-22-47(50(64)32-45)61(75)70-51-23-21-46(33-55(51)79-3)69-62(76)52-18-9-12-25-65-52;/h9,12-14,17-25,28-29,31-33,41,48H,4-8,10-11,15-16,26-27,30,34-37H2,1-3H3,(H,66,71)(H,67,72)(H,68,73)(H,69,76)(H,70,75)(H,77,78);/q;+1/p-1. The largest absolute Gasteiger partial charge is 1.00 e. The average Bonchev–Trinajstić information content (AvgIpc) is 4.36. The van der Waals surface area contributed by atoms with Crippen LogP contribution in [0.15, 0.2) is 109 Å². The van der Waals surface area contributed by atoms with Crippen LogP contribution in [0.2, 0.25) is 5.02 Å². The Balaban J connectivity index is 0.00000990. The summed E-state index contributed by atoms with van der Waals surface area (Å²) < 4.78 is 22.7. The number of anilines is 3. The van der Waals surface area contributed by atoms with Gasteiger partial charge < -0.3 is 55.4 Å². The molecule has 2 aliphatic rings. The molecule has 5 N–H and O–H groups in total. The molecule has 2 aliphatic carbocycles. The number of rotatable bonds is 27. The maximum absolute atomic E-state index is 13.5. The Kier molecular flexibility index (Phi) is 23.2. The molecular weight excluding hydrogens is 1090 g/mol. The van der Waals surface area contributed by atoms with Gasteiger partial charge in [0.1, 0.15) is 42.8 Å². The topological polar surface area (TPSA) is 253 Å². The molecule has 18 nitrogen and oxygen atoms in total. The van der Waals surface area contributed by atoms with Crippen LogP contribution in [-0.2, 0) is 32.1 Å². The number of pyridine rings is 1. The van der Waals surface area contributed by atoms with Crippen LogP contribution in [0.25, 0.3) is 11.1 Å². The molecule has 0 aliphatic heterocycles. The predicted molar refractivity (Wildman–Crippen MR) is 309 cm³/mol. The number of aromatic carboxylic acids is 1. The molecule has 5 amide bonds. The van der Waals surface area contributed by atoms with Gasteiger partial charge in [0.25, 0.3) is 17.7 Å². The van der Waals surface area contributed by atoms with Gasteiger partial charge in [0, 0.05) is 53.8 Å². The van der Waals surface area contributed by atoms with Gasteiger partial charge in [0.05, 0.1) is 29.4 Å². The zero-order chi connectivity index (χ0) is 58.1. The number of hydrogen-bond donors (Lipinski definition) is 5. The minimum Gasteiger partial charge on any atom is -0.545 e. The number of benzene rings is 5. The molecular formula is C63H66ClN6NaO12. The van der Waals surface area contributed by atoms with E-state index in [2.05, 4.69) is 31.6 Å². The number of carboxylic acids is 1. The summed E-state index contributed by atoms with van der Waals surface area (Å²) in [5, 5.41) is 26.0. The van der Waals surface area contributed by atoms with Crippen LogP contribution in [0.4, 0.5) is 17.1 Å². The van der Waals surface area contributed by atoms with Crippen molar-refractivity contribution in [2.75, 3.05) is 56.0 Å². The van der Waals surface area contributed by atoms with E-state index >= 15 is 0 Å². The number of unbranched alkanes of at least 4 members (excludes halogenated alkanes) is 4. The van der Waals surface area contributed by atoms with Gasteiger partial charge in [-0.25, -0.2) is 0 Å². The third kappa shape index (κ3) is 17.2. The van der Waals surface area contributed by atoms with Gasteiger partial charge in [-0.15, -0.1) is 0 Å². The van der Waals surface area contributed by atoms with Gasteiger partial charge in [-0.1, -0.05) is 74.0 Å². The average molecular weight is 1160 g/mol. The smallest absolute Gasteiger partial charge is 0.545 e. The van der Waals surface area contributed by atoms with E-state index < -0.39 is 36.2 Å². The summed E-state index contributed by atoms with van der Waals surface area (Å²) in [6.45, 7) is 4.00. The Morgan fingerprint density at radius 1 is 0.651 bits per heavy atom. The Labute approximate surface area is 509 Å². The molecule has 6 aromatic rings. The van der Waals surface area contributed by atoms with Crippen molar-refractivity contribution in [3.63, 3.8) is 0 Å². The van der Waals surface area contributed by atoms with Gasteiger partial charge in [-0.05, 0) is 152 Å². The fourth-order valence-corrected chi connectivity index (χ4v) is 10.6. The summed E-state index contributed by atoms with van der Waals surface area (Å²) in [4.78, 5) is 92.9. The van der Waals surface area contributed by atoms with Crippen LogP contribution in [0.3, 0.4) is 0 Å². The number of carbonyl (C=O) groups is 7. The third-order valence-electron chi connectivity index (χ3n) is 14.7. The van der Waals surface area contributed by atoms with E-state index in [-0.39, 0.29) is 100 Å². The molecule has 0 spiro atoms. The molecule has 1 heterocycles. The summed E-state index contributed by atoms with van der Waals surface area (Å²) in [6.07, 6.45) is 10.9. The van der Waals surface area contributed by atoms with E-state index in [9.17, 15) is 38.7 Å². The van der Waals surface area contributed by atoms with E-state index in [4.69, 9.17) is 30.5 Å². The van der Waals surface area contributed by atoms with Crippen LogP contribution in [0, 0.1) is 25.7 Å². The molecule has 0 bridgehead atoms. The van der Waals surface area contributed by atoms with Crippen molar-refractivity contribution in [2.24, 2.45) is 11.8 Å². The molecule has 1 saturated carbocycles. The molecule has 1 aromatic heterocycles. The van der Waals surface area contributed by atoms with E-state index in [0.29, 0.717) is 54.5 Å². The molecule has 1 unspecified atom stereocenters. The van der Waals surface area contributed by atoms with Crippen molar-refractivity contribution in [3.05, 3.63) is 159 Å². The second-order valence-electron chi connectivity index (χ2n) is 20.4. The van der Waals surface area contributed by atoms with E-state index in [1.54, 1.807) is 42.5 Å². The molecule has 1 fully saturated rings. The number of methoxy groups -OCH3 is 1. The number of nitrogens with one attached hydrogen (secondary N) is 5. The number of fused-ring (bicyclic) bond motifs is 1. The zero-order valence-corrected chi connectivity index (χ0v) is 49.8. The van der Waals surface area contributed by atoms with Crippen molar-refractivity contribution in [3.8, 4) is 28.4 Å². The van der Waals surface area contributed by atoms with E-state index in [1.807, 2.05) is 44.2 Å². The first-order chi connectivity index (χ1) is 39.6. The number of nitrogens with zero attached hydrogens (tertiary/aromatic N) is 1. The first-order valence-electron chi connectivity index (χ1n) is 27.5. The molecule has 20 heteroatoms. The summed E-state index contributed by atoms with van der Waals surface area (Å²) in [5.74, 6) is -1.83. The summed E-state index contributed by atoms with van der Waals surface area (Å²) in [6, 6.07) is 28.4. The van der Waals surface area contributed by atoms with Gasteiger partial charge >= 0.3 is 29.6 Å². The number of carboxylic acid groups (broad SMARTS) is 1. The molecule has 83 heavy (non-hydrogen) atoms. The number of amides is 5. The van der Waals surface area contributed by atoms with Crippen molar-refractivity contribution >= 4 is 70.0 Å². The number of Topliss-reactive ketones (excluding diaryl/α,β-unsaturated/α-hetero) is 1. The molecule has 0 radical (unpaired) electrons. The Morgan fingerprint density at radius 3 is 2.06 bits per heavy atom. The van der Waals surface area contributed by atoms with Gasteiger partial charge in [-0.2, -0.15) is 0 Å². The van der Waals surface area contributed by atoms with Gasteiger partial charge in [0.15, 0.2) is 12.4 Å². The SMILES string of the molecule is COc1cc(NC(=O)c2ccccn2)ccc1NC(=O)c1ccc(NC(=O)COCC(=O)NCCCCCCCNC(=O)COc2ccc(-c3cccc(COc4cc5c(c(C)c4C)C(=O)C(C4CCCC4)C5)c3)cc2C(=O)[O-])cc1Cl.[Na+]. The summed E-state index contributed by atoms with van der Waals surface area (Å²) in [5.41, 5.74) is 7.39.